The van der Waals surface area contributed by atoms with Crippen molar-refractivity contribution in [1.29, 1.82) is 0 Å². The molecule has 2 fully saturated rings. The van der Waals surface area contributed by atoms with Crippen LogP contribution in [0.15, 0.2) is 72.9 Å². The van der Waals surface area contributed by atoms with Crippen molar-refractivity contribution in [1.82, 2.24) is 10.3 Å². The van der Waals surface area contributed by atoms with Crippen LogP contribution in [0.2, 0.25) is 0 Å². The molecule has 4 heterocycles. The van der Waals surface area contributed by atoms with E-state index in [0.717, 1.165) is 38.8 Å². The zero-order chi connectivity index (χ0) is 25.5. The fraction of sp³-hybridized carbons (Fsp3) is 0.233. The fourth-order valence-corrected chi connectivity index (χ4v) is 6.64. The van der Waals surface area contributed by atoms with Gasteiger partial charge in [-0.1, -0.05) is 54.1 Å². The minimum Gasteiger partial charge on any atom is -0.361 e. The quantitative estimate of drug-likeness (QED) is 0.379. The number of carbonyl (C=O) groups is 3. The molecule has 4 atom stereocenters. The maximum absolute atomic E-state index is 14.1. The van der Waals surface area contributed by atoms with Crippen molar-refractivity contribution in [2.45, 2.75) is 31.8 Å². The lowest BCUT2D eigenvalue weighted by atomic mass is 9.76. The summed E-state index contributed by atoms with van der Waals surface area (Å²) in [5, 5.41) is 7.65. The standard InChI is InChI=1S/C30H26N4O3/c1-16-10-12-19(13-11-16)34-27(35)24-23(14-18-15-31-22-9-4-3-7-20(18)22)33-30(25(24)28(34)36)21-8-5-6-17(2)26(21)32-29(30)37/h3-13,15,23-25,31,33H,14H2,1-2H3,(H,32,37). The third kappa shape index (κ3) is 2.89. The average molecular weight is 491 g/mol. The normalized spacial score (nSPS) is 26.3. The highest BCUT2D eigenvalue weighted by Crippen LogP contribution is 2.54. The molecule has 4 unspecified atom stereocenters. The molecule has 37 heavy (non-hydrogen) atoms. The van der Waals surface area contributed by atoms with Crippen molar-refractivity contribution >= 4 is 40.0 Å². The van der Waals surface area contributed by atoms with Gasteiger partial charge in [0.15, 0.2) is 0 Å². The predicted octanol–water partition coefficient (Wildman–Crippen LogP) is 3.95. The number of nitrogens with zero attached hydrogens (tertiary/aromatic N) is 1. The summed E-state index contributed by atoms with van der Waals surface area (Å²) in [6, 6.07) is 20.7. The molecule has 3 aliphatic heterocycles. The number of benzene rings is 3. The van der Waals surface area contributed by atoms with E-state index in [1.54, 1.807) is 12.1 Å². The number of rotatable bonds is 3. The smallest absolute Gasteiger partial charge is 0.250 e. The molecule has 3 N–H and O–H groups in total. The molecular formula is C30H26N4O3. The topological polar surface area (TPSA) is 94.3 Å². The summed E-state index contributed by atoms with van der Waals surface area (Å²) < 4.78 is 0. The third-order valence-corrected chi connectivity index (χ3v) is 8.37. The van der Waals surface area contributed by atoms with E-state index in [4.69, 9.17) is 0 Å². The van der Waals surface area contributed by atoms with Crippen LogP contribution in [0, 0.1) is 25.7 Å². The van der Waals surface area contributed by atoms with Crippen LogP contribution in [-0.4, -0.2) is 28.7 Å². The number of aromatic nitrogens is 1. The molecule has 1 aromatic heterocycles. The van der Waals surface area contributed by atoms with Gasteiger partial charge in [-0.3, -0.25) is 19.7 Å². The summed E-state index contributed by atoms with van der Waals surface area (Å²) in [5.74, 6) is -2.40. The number of imide groups is 1. The molecule has 3 amide bonds. The van der Waals surface area contributed by atoms with Crippen LogP contribution < -0.4 is 15.5 Å². The van der Waals surface area contributed by atoms with E-state index >= 15 is 0 Å². The second-order valence-corrected chi connectivity index (χ2v) is 10.4. The highest BCUT2D eigenvalue weighted by Gasteiger charge is 2.70. The van der Waals surface area contributed by atoms with E-state index in [-0.39, 0.29) is 17.7 Å². The second-order valence-electron chi connectivity index (χ2n) is 10.4. The predicted molar refractivity (Wildman–Crippen MR) is 141 cm³/mol. The van der Waals surface area contributed by atoms with Gasteiger partial charge in [0.05, 0.1) is 17.5 Å². The molecular weight excluding hydrogens is 464 g/mol. The minimum absolute atomic E-state index is 0.262. The number of hydrogen-bond acceptors (Lipinski definition) is 4. The average Bonchev–Trinajstić information content (AvgIpc) is 3.60. The molecule has 0 saturated carbocycles. The number of aromatic amines is 1. The van der Waals surface area contributed by atoms with Gasteiger partial charge in [0.1, 0.15) is 5.54 Å². The maximum Gasteiger partial charge on any atom is 0.250 e. The van der Waals surface area contributed by atoms with Crippen LogP contribution in [0.3, 0.4) is 0 Å². The number of aryl methyl sites for hydroxylation is 2. The van der Waals surface area contributed by atoms with E-state index in [9.17, 15) is 14.4 Å². The van der Waals surface area contributed by atoms with Crippen molar-refractivity contribution in [3.8, 4) is 0 Å². The van der Waals surface area contributed by atoms with Gasteiger partial charge < -0.3 is 10.3 Å². The van der Waals surface area contributed by atoms with E-state index in [0.29, 0.717) is 12.1 Å². The summed E-state index contributed by atoms with van der Waals surface area (Å²) in [5.41, 5.74) is 4.71. The molecule has 0 bridgehead atoms. The SMILES string of the molecule is Cc1ccc(N2C(=O)C3C(Cc4c[nH]c5ccccc45)NC4(C(=O)Nc5c(C)cccc54)C3C2=O)cc1. The number of hydrogen-bond donors (Lipinski definition) is 3. The Labute approximate surface area is 213 Å². The van der Waals surface area contributed by atoms with Crippen molar-refractivity contribution in [3.05, 3.63) is 95.2 Å². The van der Waals surface area contributed by atoms with Crippen molar-refractivity contribution in [3.63, 3.8) is 0 Å². The van der Waals surface area contributed by atoms with Gasteiger partial charge in [0, 0.05) is 34.4 Å². The number of fused-ring (bicyclic) bond motifs is 5. The van der Waals surface area contributed by atoms with Crippen molar-refractivity contribution < 1.29 is 14.4 Å². The molecule has 184 valence electrons. The van der Waals surface area contributed by atoms with Crippen molar-refractivity contribution in [2.75, 3.05) is 10.2 Å². The van der Waals surface area contributed by atoms with Gasteiger partial charge in [0.25, 0.3) is 0 Å². The van der Waals surface area contributed by atoms with Gasteiger partial charge in [0.2, 0.25) is 17.7 Å². The lowest BCUT2D eigenvalue weighted by molar-refractivity contribution is -0.130. The second kappa shape index (κ2) is 7.63. The van der Waals surface area contributed by atoms with Crippen LogP contribution >= 0.6 is 0 Å². The number of H-pyrrole nitrogens is 1. The van der Waals surface area contributed by atoms with Gasteiger partial charge in [-0.25, -0.2) is 4.90 Å². The Hall–Kier alpha value is -4.23. The van der Waals surface area contributed by atoms with Crippen molar-refractivity contribution in [2.24, 2.45) is 11.8 Å². The van der Waals surface area contributed by atoms with Crippen LogP contribution in [0.4, 0.5) is 11.4 Å². The lowest BCUT2D eigenvalue weighted by Crippen LogP contribution is -2.53. The Morgan fingerprint density at radius 2 is 1.68 bits per heavy atom. The number of anilines is 2. The van der Waals surface area contributed by atoms with Gasteiger partial charge >= 0.3 is 0 Å². The van der Waals surface area contributed by atoms with Gasteiger partial charge in [-0.15, -0.1) is 0 Å². The van der Waals surface area contributed by atoms with Crippen LogP contribution in [0.5, 0.6) is 0 Å². The first kappa shape index (κ1) is 22.0. The van der Waals surface area contributed by atoms with E-state index in [1.807, 2.05) is 74.6 Å². The molecule has 3 aromatic carbocycles. The molecule has 0 aliphatic carbocycles. The largest absolute Gasteiger partial charge is 0.361 e. The molecule has 3 aliphatic rings. The number of nitrogens with one attached hydrogen (secondary N) is 3. The number of amides is 3. The fourth-order valence-electron chi connectivity index (χ4n) is 6.64. The minimum atomic E-state index is -1.31. The highest BCUT2D eigenvalue weighted by molar-refractivity contribution is 6.26. The Bertz CT molecular complexity index is 1620. The number of carbonyl (C=O) groups excluding carboxylic acids is 3. The zero-order valence-corrected chi connectivity index (χ0v) is 20.5. The van der Waals surface area contributed by atoms with Crippen LogP contribution in [-0.2, 0) is 26.3 Å². The maximum atomic E-state index is 14.1. The monoisotopic (exact) mass is 490 g/mol. The van der Waals surface area contributed by atoms with E-state index in [2.05, 4.69) is 15.6 Å². The van der Waals surface area contributed by atoms with Crippen LogP contribution in [0.25, 0.3) is 10.9 Å². The molecule has 7 heteroatoms. The molecule has 2 saturated heterocycles. The number of para-hydroxylation sites is 2. The first-order valence-corrected chi connectivity index (χ1v) is 12.6. The van der Waals surface area contributed by atoms with E-state index in [1.165, 1.54) is 4.90 Å². The zero-order valence-electron chi connectivity index (χ0n) is 20.5. The summed E-state index contributed by atoms with van der Waals surface area (Å²) in [4.78, 5) is 46.5. The first-order chi connectivity index (χ1) is 17.9. The highest BCUT2D eigenvalue weighted by atomic mass is 16.2. The molecule has 4 aromatic rings. The molecule has 7 rings (SSSR count). The summed E-state index contributed by atoms with van der Waals surface area (Å²) in [6.45, 7) is 3.90. The first-order valence-electron chi connectivity index (χ1n) is 12.6. The third-order valence-electron chi connectivity index (χ3n) is 8.37. The van der Waals surface area contributed by atoms with E-state index < -0.39 is 23.4 Å². The Morgan fingerprint density at radius 3 is 2.49 bits per heavy atom. The van der Waals surface area contributed by atoms with Crippen LogP contribution in [0.1, 0.15) is 22.3 Å². The molecule has 0 radical (unpaired) electrons. The summed E-state index contributed by atoms with van der Waals surface area (Å²) in [6.07, 6.45) is 2.46. The Balaban J connectivity index is 1.39. The van der Waals surface area contributed by atoms with Gasteiger partial charge in [-0.05, 0) is 49.6 Å². The lowest BCUT2D eigenvalue weighted by Gasteiger charge is -2.29. The Kier molecular flexibility index (Phi) is 4.54. The van der Waals surface area contributed by atoms with Gasteiger partial charge in [-0.2, -0.15) is 0 Å². The molecule has 1 spiro atoms. The summed E-state index contributed by atoms with van der Waals surface area (Å²) in [7, 11) is 0. The Morgan fingerprint density at radius 1 is 0.892 bits per heavy atom. The molecule has 7 nitrogen and oxygen atoms in total. The summed E-state index contributed by atoms with van der Waals surface area (Å²) >= 11 is 0.